The first-order valence-electron chi connectivity index (χ1n) is 7.35. The molecule has 4 nitrogen and oxygen atoms in total. The van der Waals surface area contributed by atoms with Crippen molar-refractivity contribution in [3.05, 3.63) is 29.8 Å². The van der Waals surface area contributed by atoms with E-state index in [0.717, 1.165) is 31.7 Å². The summed E-state index contributed by atoms with van der Waals surface area (Å²) in [7, 11) is -1.40. The van der Waals surface area contributed by atoms with Crippen LogP contribution in [0.4, 0.5) is 0 Å². The number of rotatable bonds is 9. The third kappa shape index (κ3) is 4.89. The number of sulfonamides is 1. The van der Waals surface area contributed by atoms with E-state index < -0.39 is 10.0 Å². The standard InChI is InChI=1S/C15H24N2O2S/c1-16-11-2-3-13-6-8-15(9-7-13)20(18,19)17-12-10-14-4-5-14/h6-9,14,16-17H,2-5,10-12H2,1H3. The van der Waals surface area contributed by atoms with E-state index >= 15 is 0 Å². The normalized spacial score (nSPS) is 15.4. The van der Waals surface area contributed by atoms with Crippen LogP contribution in [0.5, 0.6) is 0 Å². The summed E-state index contributed by atoms with van der Waals surface area (Å²) in [6.07, 6.45) is 5.49. The molecule has 1 aliphatic rings. The Balaban J connectivity index is 1.86. The zero-order chi connectivity index (χ0) is 14.4. The summed E-state index contributed by atoms with van der Waals surface area (Å²) in [5.41, 5.74) is 1.18. The maximum Gasteiger partial charge on any atom is 0.240 e. The first-order chi connectivity index (χ1) is 9.62. The summed E-state index contributed by atoms with van der Waals surface area (Å²) >= 11 is 0. The molecule has 5 heteroatoms. The molecule has 1 saturated carbocycles. The summed E-state index contributed by atoms with van der Waals surface area (Å²) in [6.45, 7) is 1.53. The molecule has 20 heavy (non-hydrogen) atoms. The lowest BCUT2D eigenvalue weighted by Crippen LogP contribution is -2.25. The molecule has 1 aromatic rings. The van der Waals surface area contributed by atoms with Crippen molar-refractivity contribution < 1.29 is 8.42 Å². The molecular weight excluding hydrogens is 272 g/mol. The first-order valence-corrected chi connectivity index (χ1v) is 8.83. The van der Waals surface area contributed by atoms with Gasteiger partial charge in [0.25, 0.3) is 0 Å². The molecule has 0 amide bonds. The Kier molecular flexibility index (Phi) is 5.57. The van der Waals surface area contributed by atoms with Crippen LogP contribution < -0.4 is 10.0 Å². The van der Waals surface area contributed by atoms with Crippen LogP contribution in [-0.4, -0.2) is 28.6 Å². The third-order valence-electron chi connectivity index (χ3n) is 3.67. The zero-order valence-corrected chi connectivity index (χ0v) is 12.9. The van der Waals surface area contributed by atoms with Gasteiger partial charge < -0.3 is 5.32 Å². The molecule has 0 atom stereocenters. The third-order valence-corrected chi connectivity index (χ3v) is 5.14. The average Bonchev–Trinajstić information content (AvgIpc) is 3.24. The van der Waals surface area contributed by atoms with Gasteiger partial charge in [-0.15, -0.1) is 0 Å². The van der Waals surface area contributed by atoms with Gasteiger partial charge in [0.05, 0.1) is 4.90 Å². The molecule has 1 fully saturated rings. The Hall–Kier alpha value is -0.910. The second-order valence-corrected chi connectivity index (χ2v) is 7.25. The quantitative estimate of drug-likeness (QED) is 0.685. The van der Waals surface area contributed by atoms with Gasteiger partial charge in [-0.2, -0.15) is 0 Å². The molecule has 0 aliphatic heterocycles. The number of benzene rings is 1. The molecule has 0 unspecified atom stereocenters. The zero-order valence-electron chi connectivity index (χ0n) is 12.1. The summed E-state index contributed by atoms with van der Waals surface area (Å²) in [5, 5.41) is 3.11. The molecule has 1 aromatic carbocycles. The summed E-state index contributed by atoms with van der Waals surface area (Å²) in [5.74, 6) is 0.743. The minimum absolute atomic E-state index is 0.366. The van der Waals surface area contributed by atoms with Crippen molar-refractivity contribution >= 4 is 10.0 Å². The van der Waals surface area contributed by atoms with Crippen LogP contribution in [0.3, 0.4) is 0 Å². The molecule has 0 bridgehead atoms. The van der Waals surface area contributed by atoms with Gasteiger partial charge in [0.2, 0.25) is 10.0 Å². The molecule has 112 valence electrons. The summed E-state index contributed by atoms with van der Waals surface area (Å²) in [4.78, 5) is 0.366. The van der Waals surface area contributed by atoms with E-state index in [1.165, 1.54) is 18.4 Å². The number of hydrogen-bond donors (Lipinski definition) is 2. The molecule has 2 N–H and O–H groups in total. The van der Waals surface area contributed by atoms with E-state index in [9.17, 15) is 8.42 Å². The van der Waals surface area contributed by atoms with Gasteiger partial charge in [-0.1, -0.05) is 25.0 Å². The molecule has 1 aliphatic carbocycles. The predicted molar refractivity (Wildman–Crippen MR) is 81.2 cm³/mol. The second kappa shape index (κ2) is 7.20. The Morgan fingerprint density at radius 1 is 1.15 bits per heavy atom. The lowest BCUT2D eigenvalue weighted by atomic mass is 10.1. The highest BCUT2D eigenvalue weighted by atomic mass is 32.2. The van der Waals surface area contributed by atoms with E-state index in [4.69, 9.17) is 0 Å². The van der Waals surface area contributed by atoms with Crippen LogP contribution in [0, 0.1) is 5.92 Å². The molecular formula is C15H24N2O2S. The van der Waals surface area contributed by atoms with Gasteiger partial charge in [0.1, 0.15) is 0 Å². The number of aryl methyl sites for hydroxylation is 1. The van der Waals surface area contributed by atoms with E-state index in [0.29, 0.717) is 11.4 Å². The van der Waals surface area contributed by atoms with Gasteiger partial charge >= 0.3 is 0 Å². The fourth-order valence-electron chi connectivity index (χ4n) is 2.19. The van der Waals surface area contributed by atoms with Gasteiger partial charge in [-0.3, -0.25) is 0 Å². The van der Waals surface area contributed by atoms with Crippen molar-refractivity contribution in [2.75, 3.05) is 20.1 Å². The Labute approximate surface area is 122 Å². The summed E-state index contributed by atoms with van der Waals surface area (Å²) in [6, 6.07) is 7.22. The SMILES string of the molecule is CNCCCc1ccc(S(=O)(=O)NCCC2CC2)cc1. The minimum Gasteiger partial charge on any atom is -0.320 e. The average molecular weight is 296 g/mol. The fraction of sp³-hybridized carbons (Fsp3) is 0.600. The molecule has 0 aromatic heterocycles. The Bertz CT molecular complexity index is 507. The van der Waals surface area contributed by atoms with Crippen molar-refractivity contribution in [1.82, 2.24) is 10.0 Å². The topological polar surface area (TPSA) is 58.2 Å². The van der Waals surface area contributed by atoms with Crippen LogP contribution in [-0.2, 0) is 16.4 Å². The molecule has 0 saturated heterocycles. The lowest BCUT2D eigenvalue weighted by molar-refractivity contribution is 0.575. The second-order valence-electron chi connectivity index (χ2n) is 5.48. The highest BCUT2D eigenvalue weighted by Crippen LogP contribution is 2.31. The monoisotopic (exact) mass is 296 g/mol. The van der Waals surface area contributed by atoms with Crippen molar-refractivity contribution in [1.29, 1.82) is 0 Å². The van der Waals surface area contributed by atoms with Gasteiger partial charge in [-0.25, -0.2) is 13.1 Å². The van der Waals surface area contributed by atoms with Crippen molar-refractivity contribution in [2.45, 2.75) is 37.0 Å². The summed E-state index contributed by atoms with van der Waals surface area (Å²) < 4.78 is 26.8. The number of hydrogen-bond acceptors (Lipinski definition) is 3. The van der Waals surface area contributed by atoms with Gasteiger partial charge in [-0.05, 0) is 56.5 Å². The minimum atomic E-state index is -3.33. The van der Waals surface area contributed by atoms with Crippen LogP contribution >= 0.6 is 0 Å². The molecule has 0 heterocycles. The van der Waals surface area contributed by atoms with Crippen molar-refractivity contribution in [2.24, 2.45) is 5.92 Å². The van der Waals surface area contributed by atoms with E-state index in [1.54, 1.807) is 12.1 Å². The van der Waals surface area contributed by atoms with E-state index in [1.807, 2.05) is 19.2 Å². The molecule has 0 spiro atoms. The van der Waals surface area contributed by atoms with E-state index in [2.05, 4.69) is 10.0 Å². The van der Waals surface area contributed by atoms with Crippen LogP contribution in [0.1, 0.15) is 31.2 Å². The Morgan fingerprint density at radius 2 is 1.85 bits per heavy atom. The molecule has 0 radical (unpaired) electrons. The van der Waals surface area contributed by atoms with Gasteiger partial charge in [0.15, 0.2) is 0 Å². The largest absolute Gasteiger partial charge is 0.320 e. The highest BCUT2D eigenvalue weighted by Gasteiger charge is 2.22. The van der Waals surface area contributed by atoms with Crippen LogP contribution in [0.25, 0.3) is 0 Å². The Morgan fingerprint density at radius 3 is 2.45 bits per heavy atom. The van der Waals surface area contributed by atoms with E-state index in [-0.39, 0.29) is 0 Å². The van der Waals surface area contributed by atoms with Crippen molar-refractivity contribution in [3.8, 4) is 0 Å². The maximum atomic E-state index is 12.1. The fourth-order valence-corrected chi connectivity index (χ4v) is 3.24. The van der Waals surface area contributed by atoms with Crippen LogP contribution in [0.15, 0.2) is 29.2 Å². The van der Waals surface area contributed by atoms with Crippen LogP contribution in [0.2, 0.25) is 0 Å². The molecule has 2 rings (SSSR count). The lowest BCUT2D eigenvalue weighted by Gasteiger charge is -2.07. The number of nitrogens with one attached hydrogen (secondary N) is 2. The maximum absolute atomic E-state index is 12.1. The van der Waals surface area contributed by atoms with Crippen molar-refractivity contribution in [3.63, 3.8) is 0 Å². The predicted octanol–water partition coefficient (Wildman–Crippen LogP) is 1.92. The first kappa shape index (κ1) is 15.5. The van der Waals surface area contributed by atoms with Gasteiger partial charge in [0, 0.05) is 6.54 Å². The highest BCUT2D eigenvalue weighted by molar-refractivity contribution is 7.89. The smallest absolute Gasteiger partial charge is 0.240 e.